The van der Waals surface area contributed by atoms with Crippen molar-refractivity contribution in [2.75, 3.05) is 0 Å². The lowest BCUT2D eigenvalue weighted by atomic mass is 10.2. The number of aromatic hydroxyl groups is 1. The van der Waals surface area contributed by atoms with Gasteiger partial charge in [0.15, 0.2) is 0 Å². The lowest BCUT2D eigenvalue weighted by Crippen LogP contribution is -1.95. The van der Waals surface area contributed by atoms with Crippen LogP contribution >= 0.6 is 0 Å². The molecule has 0 radical (unpaired) electrons. The van der Waals surface area contributed by atoms with Crippen molar-refractivity contribution in [1.29, 1.82) is 0 Å². The van der Waals surface area contributed by atoms with Gasteiger partial charge >= 0.3 is 0 Å². The molecule has 0 saturated carbocycles. The Bertz CT molecular complexity index is 422. The van der Waals surface area contributed by atoms with Crippen molar-refractivity contribution in [3.8, 4) is 17.1 Å². The van der Waals surface area contributed by atoms with Gasteiger partial charge in [0.2, 0.25) is 5.88 Å². The predicted octanol–water partition coefficient (Wildman–Crippen LogP) is 1.67. The van der Waals surface area contributed by atoms with Gasteiger partial charge in [-0.05, 0) is 19.1 Å². The molecule has 0 aliphatic heterocycles. The summed E-state index contributed by atoms with van der Waals surface area (Å²) in [5, 5.41) is 13.7. The van der Waals surface area contributed by atoms with Crippen LogP contribution in [-0.2, 0) is 6.54 Å². The van der Waals surface area contributed by atoms with Crippen LogP contribution in [0.3, 0.4) is 0 Å². The first kappa shape index (κ1) is 8.74. The minimum atomic E-state index is 0.186. The molecule has 0 fully saturated rings. The Morgan fingerprint density at radius 3 is 2.93 bits per heavy atom. The highest BCUT2D eigenvalue weighted by atomic mass is 16.3. The van der Waals surface area contributed by atoms with Crippen LogP contribution in [0.4, 0.5) is 0 Å². The van der Waals surface area contributed by atoms with Crippen molar-refractivity contribution in [3.05, 3.63) is 30.6 Å². The van der Waals surface area contributed by atoms with Gasteiger partial charge in [0.25, 0.3) is 0 Å². The summed E-state index contributed by atoms with van der Waals surface area (Å²) in [6.45, 7) is 2.59. The summed E-state index contributed by atoms with van der Waals surface area (Å²) in [7, 11) is 0. The van der Waals surface area contributed by atoms with E-state index in [1.807, 2.05) is 19.1 Å². The Balaban J connectivity index is 2.43. The third-order valence-corrected chi connectivity index (χ3v) is 2.02. The average molecular weight is 189 g/mol. The molecule has 0 aromatic carbocycles. The highest BCUT2D eigenvalue weighted by Crippen LogP contribution is 2.21. The van der Waals surface area contributed by atoms with Gasteiger partial charge in [-0.3, -0.25) is 4.98 Å². The molecular formula is C10H11N3O. The zero-order valence-electron chi connectivity index (χ0n) is 7.88. The molecule has 72 valence electrons. The fourth-order valence-corrected chi connectivity index (χ4v) is 1.29. The second-order valence-electron chi connectivity index (χ2n) is 2.95. The van der Waals surface area contributed by atoms with Crippen LogP contribution in [0.2, 0.25) is 0 Å². The van der Waals surface area contributed by atoms with E-state index < -0.39 is 0 Å². The minimum absolute atomic E-state index is 0.186. The quantitative estimate of drug-likeness (QED) is 0.781. The number of rotatable bonds is 2. The predicted molar refractivity (Wildman–Crippen MR) is 52.8 cm³/mol. The van der Waals surface area contributed by atoms with Gasteiger partial charge in [-0.25, -0.2) is 4.68 Å². The molecule has 0 spiro atoms. The van der Waals surface area contributed by atoms with Crippen molar-refractivity contribution in [2.45, 2.75) is 13.5 Å². The van der Waals surface area contributed by atoms with Crippen molar-refractivity contribution >= 4 is 0 Å². The Labute approximate surface area is 81.8 Å². The summed E-state index contributed by atoms with van der Waals surface area (Å²) in [6, 6.07) is 5.40. The number of hydrogen-bond donors (Lipinski definition) is 1. The number of nitrogens with zero attached hydrogens (tertiary/aromatic N) is 3. The van der Waals surface area contributed by atoms with E-state index in [9.17, 15) is 5.11 Å². The molecule has 0 unspecified atom stereocenters. The summed E-state index contributed by atoms with van der Waals surface area (Å²) < 4.78 is 1.54. The number of hydrogen-bond acceptors (Lipinski definition) is 3. The van der Waals surface area contributed by atoms with Crippen LogP contribution in [-0.4, -0.2) is 19.9 Å². The van der Waals surface area contributed by atoms with E-state index in [1.165, 1.54) is 0 Å². The largest absolute Gasteiger partial charge is 0.493 e. The topological polar surface area (TPSA) is 50.9 Å². The molecule has 0 aliphatic rings. The summed E-state index contributed by atoms with van der Waals surface area (Å²) in [5.41, 5.74) is 1.66. The zero-order chi connectivity index (χ0) is 9.97. The van der Waals surface area contributed by atoms with E-state index in [1.54, 1.807) is 23.1 Å². The smallest absolute Gasteiger partial charge is 0.209 e. The summed E-state index contributed by atoms with van der Waals surface area (Å²) in [6.07, 6.45) is 3.43. The van der Waals surface area contributed by atoms with Crippen molar-refractivity contribution < 1.29 is 5.11 Å². The van der Waals surface area contributed by atoms with Gasteiger partial charge < -0.3 is 5.11 Å². The molecule has 2 heterocycles. The highest BCUT2D eigenvalue weighted by molar-refractivity contribution is 5.58. The fraction of sp³-hybridized carbons (Fsp3) is 0.200. The van der Waals surface area contributed by atoms with E-state index in [0.717, 1.165) is 11.3 Å². The normalized spacial score (nSPS) is 10.4. The van der Waals surface area contributed by atoms with Crippen molar-refractivity contribution in [3.63, 3.8) is 0 Å². The van der Waals surface area contributed by atoms with Gasteiger partial charge in [-0.15, -0.1) is 0 Å². The van der Waals surface area contributed by atoms with Crippen LogP contribution < -0.4 is 0 Å². The Morgan fingerprint density at radius 2 is 2.36 bits per heavy atom. The molecule has 2 rings (SSSR count). The highest BCUT2D eigenvalue weighted by Gasteiger charge is 2.06. The maximum absolute atomic E-state index is 9.47. The second kappa shape index (κ2) is 3.49. The molecule has 0 amide bonds. The first-order chi connectivity index (χ1) is 6.81. The number of pyridine rings is 1. The maximum Gasteiger partial charge on any atom is 0.209 e. The van der Waals surface area contributed by atoms with Gasteiger partial charge in [-0.2, -0.15) is 5.10 Å². The summed E-state index contributed by atoms with van der Waals surface area (Å²) in [5.74, 6) is 0.186. The van der Waals surface area contributed by atoms with Gasteiger partial charge in [-0.1, -0.05) is 0 Å². The molecule has 0 saturated heterocycles. The molecule has 4 nitrogen and oxygen atoms in total. The standard InChI is InChI=1S/C10H11N3O/c1-2-13-10(14)6-9(12-13)8-4-3-5-11-7-8/h3-7,14H,2H2,1H3. The van der Waals surface area contributed by atoms with E-state index in [0.29, 0.717) is 6.54 Å². The molecule has 1 N–H and O–H groups in total. The van der Waals surface area contributed by atoms with Crippen LogP contribution in [0.5, 0.6) is 5.88 Å². The van der Waals surface area contributed by atoms with E-state index >= 15 is 0 Å². The molecule has 0 bridgehead atoms. The lowest BCUT2D eigenvalue weighted by Gasteiger charge is -1.95. The van der Waals surface area contributed by atoms with Crippen LogP contribution in [0.15, 0.2) is 30.6 Å². The van der Waals surface area contributed by atoms with Crippen LogP contribution in [0.25, 0.3) is 11.3 Å². The lowest BCUT2D eigenvalue weighted by molar-refractivity contribution is 0.405. The molecule has 14 heavy (non-hydrogen) atoms. The summed E-state index contributed by atoms with van der Waals surface area (Å²) >= 11 is 0. The van der Waals surface area contributed by atoms with Crippen LogP contribution in [0, 0.1) is 0 Å². The zero-order valence-corrected chi connectivity index (χ0v) is 7.88. The van der Waals surface area contributed by atoms with Gasteiger partial charge in [0.05, 0.1) is 5.69 Å². The second-order valence-corrected chi connectivity index (χ2v) is 2.95. The van der Waals surface area contributed by atoms with E-state index in [2.05, 4.69) is 10.1 Å². The third-order valence-electron chi connectivity index (χ3n) is 2.02. The van der Waals surface area contributed by atoms with Crippen molar-refractivity contribution in [2.24, 2.45) is 0 Å². The first-order valence-electron chi connectivity index (χ1n) is 4.48. The summed E-state index contributed by atoms with van der Waals surface area (Å²) in [4.78, 5) is 3.99. The minimum Gasteiger partial charge on any atom is -0.493 e. The van der Waals surface area contributed by atoms with Gasteiger partial charge in [0, 0.05) is 30.6 Å². The Morgan fingerprint density at radius 1 is 1.50 bits per heavy atom. The third kappa shape index (κ3) is 1.46. The Kier molecular flexibility index (Phi) is 2.18. The SMILES string of the molecule is CCn1nc(-c2cccnc2)cc1O. The molecular weight excluding hydrogens is 178 g/mol. The molecule has 4 heteroatoms. The van der Waals surface area contributed by atoms with E-state index in [4.69, 9.17) is 0 Å². The fourth-order valence-electron chi connectivity index (χ4n) is 1.29. The molecule has 0 atom stereocenters. The van der Waals surface area contributed by atoms with Crippen molar-refractivity contribution in [1.82, 2.24) is 14.8 Å². The molecule has 0 aliphatic carbocycles. The number of aromatic nitrogens is 3. The monoisotopic (exact) mass is 189 g/mol. The van der Waals surface area contributed by atoms with Gasteiger partial charge in [0.1, 0.15) is 0 Å². The van der Waals surface area contributed by atoms with Crippen LogP contribution in [0.1, 0.15) is 6.92 Å². The average Bonchev–Trinajstić information content (AvgIpc) is 2.61. The van der Waals surface area contributed by atoms with E-state index in [-0.39, 0.29) is 5.88 Å². The first-order valence-corrected chi connectivity index (χ1v) is 4.48. The Hall–Kier alpha value is -1.84. The maximum atomic E-state index is 9.47. The molecule has 2 aromatic rings. The molecule has 2 aromatic heterocycles. The number of aryl methyl sites for hydroxylation is 1.